The second-order valence-corrected chi connectivity index (χ2v) is 3.46. The van der Waals surface area contributed by atoms with Crippen LogP contribution in [0.2, 0.25) is 0 Å². The van der Waals surface area contributed by atoms with Gasteiger partial charge < -0.3 is 9.84 Å². The molecule has 5 nitrogen and oxygen atoms in total. The third kappa shape index (κ3) is 2.50. The summed E-state index contributed by atoms with van der Waals surface area (Å²) in [6.45, 7) is 0.729. The van der Waals surface area contributed by atoms with E-state index < -0.39 is 0 Å². The van der Waals surface area contributed by atoms with Crippen molar-refractivity contribution in [2.24, 2.45) is 0 Å². The van der Waals surface area contributed by atoms with Crippen molar-refractivity contribution >= 4 is 0 Å². The van der Waals surface area contributed by atoms with Crippen molar-refractivity contribution in [3.8, 4) is 11.5 Å². The van der Waals surface area contributed by atoms with Crippen molar-refractivity contribution in [2.75, 3.05) is 7.11 Å². The SMILES string of the molecule is COc1cc(O)cc(CCn2ccnn2)c1. The summed E-state index contributed by atoms with van der Waals surface area (Å²) in [7, 11) is 1.58. The van der Waals surface area contributed by atoms with Crippen molar-refractivity contribution in [1.29, 1.82) is 0 Å². The van der Waals surface area contributed by atoms with Crippen molar-refractivity contribution in [3.05, 3.63) is 36.2 Å². The third-order valence-corrected chi connectivity index (χ3v) is 2.29. The number of aryl methyl sites for hydroxylation is 2. The maximum Gasteiger partial charge on any atom is 0.122 e. The molecular weight excluding hydrogens is 206 g/mol. The lowest BCUT2D eigenvalue weighted by Crippen LogP contribution is -2.02. The summed E-state index contributed by atoms with van der Waals surface area (Å²) in [5, 5.41) is 17.1. The van der Waals surface area contributed by atoms with E-state index in [1.54, 1.807) is 36.3 Å². The number of hydrogen-bond acceptors (Lipinski definition) is 4. The molecule has 5 heteroatoms. The first kappa shape index (κ1) is 10.5. The molecule has 0 aliphatic heterocycles. The minimum atomic E-state index is 0.216. The van der Waals surface area contributed by atoms with Gasteiger partial charge in [-0.15, -0.1) is 5.10 Å². The Labute approximate surface area is 93.3 Å². The lowest BCUT2D eigenvalue weighted by atomic mass is 10.1. The number of ether oxygens (including phenoxy) is 1. The predicted molar refractivity (Wildman–Crippen MR) is 58.4 cm³/mol. The Morgan fingerprint density at radius 1 is 1.38 bits per heavy atom. The lowest BCUT2D eigenvalue weighted by Gasteiger charge is -2.05. The van der Waals surface area contributed by atoms with Crippen LogP contribution in [-0.4, -0.2) is 27.2 Å². The van der Waals surface area contributed by atoms with Crippen LogP contribution in [0, 0.1) is 0 Å². The van der Waals surface area contributed by atoms with E-state index in [2.05, 4.69) is 10.3 Å². The highest BCUT2D eigenvalue weighted by atomic mass is 16.5. The van der Waals surface area contributed by atoms with Crippen LogP contribution in [0.5, 0.6) is 11.5 Å². The number of rotatable bonds is 4. The monoisotopic (exact) mass is 219 g/mol. The van der Waals surface area contributed by atoms with Crippen LogP contribution in [0.15, 0.2) is 30.6 Å². The highest BCUT2D eigenvalue weighted by molar-refractivity contribution is 5.37. The highest BCUT2D eigenvalue weighted by Crippen LogP contribution is 2.21. The second-order valence-electron chi connectivity index (χ2n) is 3.46. The van der Waals surface area contributed by atoms with E-state index in [-0.39, 0.29) is 5.75 Å². The number of methoxy groups -OCH3 is 1. The molecule has 0 radical (unpaired) electrons. The average molecular weight is 219 g/mol. The van der Waals surface area contributed by atoms with E-state index in [4.69, 9.17) is 4.74 Å². The van der Waals surface area contributed by atoms with Gasteiger partial charge in [-0.2, -0.15) is 0 Å². The molecule has 0 spiro atoms. The number of aromatic nitrogens is 3. The average Bonchev–Trinajstić information content (AvgIpc) is 2.78. The minimum Gasteiger partial charge on any atom is -0.508 e. The van der Waals surface area contributed by atoms with Gasteiger partial charge in [-0.3, -0.25) is 4.68 Å². The minimum absolute atomic E-state index is 0.216. The number of benzene rings is 1. The molecule has 0 fully saturated rings. The van der Waals surface area contributed by atoms with Gasteiger partial charge in [0, 0.05) is 18.8 Å². The largest absolute Gasteiger partial charge is 0.508 e. The first-order chi connectivity index (χ1) is 7.78. The van der Waals surface area contributed by atoms with Crippen LogP contribution >= 0.6 is 0 Å². The Morgan fingerprint density at radius 3 is 2.94 bits per heavy atom. The molecule has 0 saturated carbocycles. The van der Waals surface area contributed by atoms with Gasteiger partial charge >= 0.3 is 0 Å². The molecule has 16 heavy (non-hydrogen) atoms. The van der Waals surface area contributed by atoms with Gasteiger partial charge in [-0.1, -0.05) is 5.21 Å². The van der Waals surface area contributed by atoms with Gasteiger partial charge in [0.15, 0.2) is 0 Å². The van der Waals surface area contributed by atoms with Crippen molar-refractivity contribution in [3.63, 3.8) is 0 Å². The fourth-order valence-corrected chi connectivity index (χ4v) is 1.50. The molecule has 0 atom stereocenters. The van der Waals surface area contributed by atoms with Gasteiger partial charge in [0.2, 0.25) is 0 Å². The summed E-state index contributed by atoms with van der Waals surface area (Å²) >= 11 is 0. The van der Waals surface area contributed by atoms with Crippen LogP contribution in [0.4, 0.5) is 0 Å². The Balaban J connectivity index is 2.06. The zero-order valence-corrected chi connectivity index (χ0v) is 9.00. The van der Waals surface area contributed by atoms with Crippen LogP contribution in [0.25, 0.3) is 0 Å². The molecule has 0 aliphatic carbocycles. The maximum atomic E-state index is 9.47. The number of phenols is 1. The first-order valence-corrected chi connectivity index (χ1v) is 4.99. The number of aromatic hydroxyl groups is 1. The molecule has 0 saturated heterocycles. The van der Waals surface area contributed by atoms with Crippen molar-refractivity contribution < 1.29 is 9.84 Å². The quantitative estimate of drug-likeness (QED) is 0.840. The molecule has 1 heterocycles. The predicted octanol–water partition coefficient (Wildman–Crippen LogP) is 1.23. The van der Waals surface area contributed by atoms with Crippen LogP contribution in [-0.2, 0) is 13.0 Å². The summed E-state index contributed by atoms with van der Waals surface area (Å²) in [5.41, 5.74) is 1.01. The van der Waals surface area contributed by atoms with E-state index in [0.29, 0.717) is 5.75 Å². The zero-order valence-electron chi connectivity index (χ0n) is 9.00. The van der Waals surface area contributed by atoms with Crippen molar-refractivity contribution in [2.45, 2.75) is 13.0 Å². The summed E-state index contributed by atoms with van der Waals surface area (Å²) in [6, 6.07) is 5.20. The molecule has 0 unspecified atom stereocenters. The smallest absolute Gasteiger partial charge is 0.122 e. The molecule has 84 valence electrons. The molecule has 1 aromatic heterocycles. The fourth-order valence-electron chi connectivity index (χ4n) is 1.50. The molecular formula is C11H13N3O2. The maximum absolute atomic E-state index is 9.47. The Morgan fingerprint density at radius 2 is 2.25 bits per heavy atom. The van der Waals surface area contributed by atoms with Crippen LogP contribution in [0.3, 0.4) is 0 Å². The highest BCUT2D eigenvalue weighted by Gasteiger charge is 2.01. The third-order valence-electron chi connectivity index (χ3n) is 2.29. The molecule has 0 amide bonds. The number of nitrogens with zero attached hydrogens (tertiary/aromatic N) is 3. The van der Waals surface area contributed by atoms with Gasteiger partial charge in [0.1, 0.15) is 11.5 Å². The van der Waals surface area contributed by atoms with E-state index in [1.807, 2.05) is 6.07 Å². The standard InChI is InChI=1S/C11H13N3O2/c1-16-11-7-9(6-10(15)8-11)2-4-14-5-3-12-13-14/h3,5-8,15H,2,4H2,1H3. The number of hydrogen-bond donors (Lipinski definition) is 1. The zero-order chi connectivity index (χ0) is 11.4. The Kier molecular flexibility index (Phi) is 3.05. The van der Waals surface area contributed by atoms with Gasteiger partial charge in [-0.05, 0) is 24.1 Å². The first-order valence-electron chi connectivity index (χ1n) is 4.99. The molecule has 0 bridgehead atoms. The lowest BCUT2D eigenvalue weighted by molar-refractivity contribution is 0.406. The summed E-state index contributed by atoms with van der Waals surface area (Å²) in [4.78, 5) is 0. The second kappa shape index (κ2) is 4.65. The topological polar surface area (TPSA) is 60.2 Å². The van der Waals surface area contributed by atoms with Crippen LogP contribution in [0.1, 0.15) is 5.56 Å². The van der Waals surface area contributed by atoms with Crippen molar-refractivity contribution in [1.82, 2.24) is 15.0 Å². The van der Waals surface area contributed by atoms with E-state index in [9.17, 15) is 5.11 Å². The van der Waals surface area contributed by atoms with E-state index in [0.717, 1.165) is 18.5 Å². The van der Waals surface area contributed by atoms with Gasteiger partial charge in [-0.25, -0.2) is 0 Å². The van der Waals surface area contributed by atoms with Gasteiger partial charge in [0.05, 0.1) is 13.3 Å². The Bertz CT molecular complexity index is 454. The molecule has 2 rings (SSSR count). The number of phenolic OH excluding ortho intramolecular Hbond substituents is 1. The molecule has 1 aromatic carbocycles. The van der Waals surface area contributed by atoms with Gasteiger partial charge in [0.25, 0.3) is 0 Å². The Hall–Kier alpha value is -2.04. The normalized spacial score (nSPS) is 10.3. The van der Waals surface area contributed by atoms with Crippen LogP contribution < -0.4 is 4.74 Å². The summed E-state index contributed by atoms with van der Waals surface area (Å²) < 4.78 is 6.82. The molecule has 1 N–H and O–H groups in total. The van der Waals surface area contributed by atoms with E-state index in [1.165, 1.54) is 0 Å². The molecule has 0 aliphatic rings. The van der Waals surface area contributed by atoms with E-state index >= 15 is 0 Å². The summed E-state index contributed by atoms with van der Waals surface area (Å²) in [5.74, 6) is 0.876. The molecule has 2 aromatic rings. The fraction of sp³-hybridized carbons (Fsp3) is 0.273. The summed E-state index contributed by atoms with van der Waals surface area (Å²) in [6.07, 6.45) is 4.22.